The second kappa shape index (κ2) is 6.07. The van der Waals surface area contributed by atoms with Gasteiger partial charge in [0.2, 0.25) is 0 Å². The summed E-state index contributed by atoms with van der Waals surface area (Å²) in [5.41, 5.74) is 6.39. The van der Waals surface area contributed by atoms with Gasteiger partial charge in [-0.15, -0.1) is 0 Å². The third-order valence-corrected chi connectivity index (χ3v) is 6.57. The fourth-order valence-electron chi connectivity index (χ4n) is 4.77. The van der Waals surface area contributed by atoms with Crippen molar-refractivity contribution in [1.29, 1.82) is 0 Å². The molecule has 0 saturated carbocycles. The summed E-state index contributed by atoms with van der Waals surface area (Å²) in [5, 5.41) is 0. The fraction of sp³-hybridized carbons (Fsp3) is 0.348. The number of nitrogens with zero attached hydrogens (tertiary/aromatic N) is 1. The minimum atomic E-state index is -0.736. The lowest BCUT2D eigenvalue weighted by Gasteiger charge is -2.61. The van der Waals surface area contributed by atoms with Gasteiger partial charge in [0, 0.05) is 11.1 Å². The van der Waals surface area contributed by atoms with Crippen molar-refractivity contribution >= 4 is 11.6 Å². The van der Waals surface area contributed by atoms with Crippen LogP contribution in [0, 0.1) is 5.41 Å². The monoisotopic (exact) mass is 394 g/mol. The van der Waals surface area contributed by atoms with Crippen LogP contribution in [0.2, 0.25) is 0 Å². The van der Waals surface area contributed by atoms with Crippen molar-refractivity contribution < 1.29 is 18.6 Å². The Bertz CT molecular complexity index is 1030. The molecule has 2 spiro atoms. The molecule has 1 aromatic carbocycles. The highest BCUT2D eigenvalue weighted by molar-refractivity contribution is 5.80. The van der Waals surface area contributed by atoms with E-state index in [1.165, 1.54) is 6.08 Å². The fourth-order valence-corrected chi connectivity index (χ4v) is 4.77. The average Bonchev–Trinajstić information content (AvgIpc) is 2.99. The molecule has 1 atom stereocenters. The van der Waals surface area contributed by atoms with Crippen molar-refractivity contribution in [3.05, 3.63) is 71.6 Å². The number of hydrogen-bond acceptors (Lipinski definition) is 5. The normalized spacial score (nSPS) is 30.5. The summed E-state index contributed by atoms with van der Waals surface area (Å²) in [6.07, 6.45) is 10.4. The Kier molecular flexibility index (Phi) is 3.80. The van der Waals surface area contributed by atoms with Crippen LogP contribution in [-0.4, -0.2) is 31.4 Å². The molecule has 0 aromatic heterocycles. The van der Waals surface area contributed by atoms with Gasteiger partial charge in [0.05, 0.1) is 18.6 Å². The van der Waals surface area contributed by atoms with E-state index in [9.17, 15) is 4.39 Å². The van der Waals surface area contributed by atoms with Crippen molar-refractivity contribution in [1.82, 2.24) is 0 Å². The van der Waals surface area contributed by atoms with E-state index in [4.69, 9.17) is 24.9 Å². The number of halogens is 1. The highest BCUT2D eigenvalue weighted by atomic mass is 19.1. The predicted octanol–water partition coefficient (Wildman–Crippen LogP) is 3.78. The largest absolute Gasteiger partial charge is 0.487 e. The number of allylic oxidation sites excluding steroid dienone is 8. The first-order valence-electron chi connectivity index (χ1n) is 9.70. The van der Waals surface area contributed by atoms with E-state index in [1.807, 2.05) is 30.4 Å². The zero-order valence-corrected chi connectivity index (χ0v) is 16.4. The number of rotatable bonds is 1. The molecule has 0 radical (unpaired) electrons. The predicted molar refractivity (Wildman–Crippen MR) is 109 cm³/mol. The molecule has 3 aliphatic heterocycles. The first-order valence-corrected chi connectivity index (χ1v) is 9.70. The van der Waals surface area contributed by atoms with Gasteiger partial charge in [-0.25, -0.2) is 9.38 Å². The molecular weight excluding hydrogens is 371 g/mol. The Hall–Kier alpha value is -2.86. The Morgan fingerprint density at radius 3 is 2.45 bits per heavy atom. The maximum Gasteiger partial charge on any atom is 0.283 e. The molecule has 1 unspecified atom stereocenters. The molecule has 5 rings (SSSR count). The van der Waals surface area contributed by atoms with E-state index in [1.54, 1.807) is 18.2 Å². The van der Waals surface area contributed by atoms with E-state index < -0.39 is 16.6 Å². The van der Waals surface area contributed by atoms with Gasteiger partial charge in [-0.05, 0) is 37.6 Å². The zero-order valence-electron chi connectivity index (χ0n) is 16.4. The van der Waals surface area contributed by atoms with Crippen LogP contribution >= 0.6 is 0 Å². The summed E-state index contributed by atoms with van der Waals surface area (Å²) < 4.78 is 32.5. The van der Waals surface area contributed by atoms with E-state index in [0.717, 1.165) is 11.1 Å². The van der Waals surface area contributed by atoms with Crippen LogP contribution in [0.15, 0.2) is 65.5 Å². The molecule has 2 N–H and O–H groups in total. The molecule has 4 aliphatic rings. The maximum absolute atomic E-state index is 14.8. The molecule has 150 valence electrons. The first-order chi connectivity index (χ1) is 13.9. The molecule has 0 bridgehead atoms. The van der Waals surface area contributed by atoms with Crippen LogP contribution in [0.25, 0.3) is 5.57 Å². The van der Waals surface area contributed by atoms with E-state index in [2.05, 4.69) is 13.8 Å². The Morgan fingerprint density at radius 1 is 1.03 bits per heavy atom. The number of nitrogens with two attached hydrogens (primary N) is 1. The van der Waals surface area contributed by atoms with Crippen molar-refractivity contribution in [2.45, 2.75) is 25.0 Å². The molecule has 5 nitrogen and oxygen atoms in total. The Morgan fingerprint density at radius 2 is 1.79 bits per heavy atom. The minimum absolute atomic E-state index is 0.162. The van der Waals surface area contributed by atoms with Crippen LogP contribution in [0.3, 0.4) is 0 Å². The van der Waals surface area contributed by atoms with Gasteiger partial charge < -0.3 is 19.9 Å². The van der Waals surface area contributed by atoms with Gasteiger partial charge in [-0.2, -0.15) is 0 Å². The summed E-state index contributed by atoms with van der Waals surface area (Å²) >= 11 is 0. The number of ether oxygens (including phenoxy) is 3. The SMILES string of the molecule is CC1(C)Oc2ccc(C3=C(F)/C=C/C=C/C=C3)cc2C2(COC(N)=N2)C12COC2. The van der Waals surface area contributed by atoms with Crippen LogP contribution in [0.5, 0.6) is 5.75 Å². The summed E-state index contributed by atoms with van der Waals surface area (Å²) in [4.78, 5) is 4.79. The number of fused-ring (bicyclic) bond motifs is 3. The molecular formula is C23H23FN2O3. The second-order valence-corrected chi connectivity index (χ2v) is 8.36. The highest BCUT2D eigenvalue weighted by Gasteiger charge is 2.71. The molecule has 1 aliphatic carbocycles. The van der Waals surface area contributed by atoms with Crippen LogP contribution in [-0.2, 0) is 15.0 Å². The third-order valence-electron chi connectivity index (χ3n) is 6.57. The second-order valence-electron chi connectivity index (χ2n) is 8.36. The van der Waals surface area contributed by atoms with Gasteiger partial charge in [-0.3, -0.25) is 0 Å². The summed E-state index contributed by atoms with van der Waals surface area (Å²) in [7, 11) is 0. The van der Waals surface area contributed by atoms with Gasteiger partial charge in [0.1, 0.15) is 29.3 Å². The standard InChI is InChI=1S/C23H23FN2O3/c1-21(2)22(12-27-13-22)23(14-28-20(25)26-23)17-11-15(9-10-19(17)29-21)16-7-5-3-4-6-8-18(16)24/h3-11H,12-14H2,1-2H3,(H2,25,26)/b4-3+,5-3?,6-4?,7-5?,8-6+,16-7?,18-8?,18-16?. The topological polar surface area (TPSA) is 66.1 Å². The highest BCUT2D eigenvalue weighted by Crippen LogP contribution is 2.62. The first kappa shape index (κ1) is 18.2. The van der Waals surface area contributed by atoms with E-state index in [-0.39, 0.29) is 11.8 Å². The number of benzene rings is 1. The smallest absolute Gasteiger partial charge is 0.283 e. The van der Waals surface area contributed by atoms with Crippen molar-refractivity contribution in [2.75, 3.05) is 19.8 Å². The lowest BCUT2D eigenvalue weighted by molar-refractivity contribution is -0.247. The third kappa shape index (κ3) is 2.38. The van der Waals surface area contributed by atoms with E-state index in [0.29, 0.717) is 31.1 Å². The lowest BCUT2D eigenvalue weighted by atomic mass is 9.55. The Labute approximate surface area is 169 Å². The molecule has 1 aromatic rings. The number of hydrogen-bond donors (Lipinski definition) is 1. The Balaban J connectivity index is 1.72. The number of amidine groups is 1. The van der Waals surface area contributed by atoms with Crippen molar-refractivity contribution in [3.8, 4) is 5.75 Å². The molecule has 0 amide bonds. The van der Waals surface area contributed by atoms with Crippen molar-refractivity contribution in [2.24, 2.45) is 16.1 Å². The molecule has 1 saturated heterocycles. The van der Waals surface area contributed by atoms with Crippen LogP contribution in [0.4, 0.5) is 4.39 Å². The quantitative estimate of drug-likeness (QED) is 0.787. The summed E-state index contributed by atoms with van der Waals surface area (Å²) in [6.45, 7) is 5.40. The minimum Gasteiger partial charge on any atom is -0.487 e. The van der Waals surface area contributed by atoms with Gasteiger partial charge in [0.15, 0.2) is 0 Å². The summed E-state index contributed by atoms with van der Waals surface area (Å²) in [6, 6.07) is 5.87. The van der Waals surface area contributed by atoms with Crippen LogP contribution < -0.4 is 10.5 Å². The zero-order chi connectivity index (χ0) is 20.3. The average molecular weight is 394 g/mol. The molecule has 1 fully saturated rings. The lowest BCUT2D eigenvalue weighted by Crippen LogP contribution is -2.71. The molecule has 3 heterocycles. The van der Waals surface area contributed by atoms with Crippen molar-refractivity contribution in [3.63, 3.8) is 0 Å². The molecule has 29 heavy (non-hydrogen) atoms. The summed E-state index contributed by atoms with van der Waals surface area (Å²) in [5.74, 6) is 0.411. The molecule has 6 heteroatoms. The van der Waals surface area contributed by atoms with Gasteiger partial charge >= 0.3 is 0 Å². The van der Waals surface area contributed by atoms with E-state index >= 15 is 0 Å². The van der Waals surface area contributed by atoms with Gasteiger partial charge in [-0.1, -0.05) is 36.4 Å². The van der Waals surface area contributed by atoms with Crippen LogP contribution in [0.1, 0.15) is 25.0 Å². The van der Waals surface area contributed by atoms with Gasteiger partial charge in [0.25, 0.3) is 6.02 Å². The maximum atomic E-state index is 14.8. The number of aliphatic imine (C=N–C) groups is 1.